The van der Waals surface area contributed by atoms with Crippen molar-refractivity contribution in [2.45, 2.75) is 39.0 Å². The molecule has 1 aromatic heterocycles. The van der Waals surface area contributed by atoms with Crippen molar-refractivity contribution in [2.24, 2.45) is 0 Å². The molecule has 1 aromatic carbocycles. The van der Waals surface area contributed by atoms with Crippen LogP contribution in [-0.2, 0) is 12.8 Å². The molecule has 27 heavy (non-hydrogen) atoms. The van der Waals surface area contributed by atoms with E-state index in [0.717, 1.165) is 42.5 Å². The highest BCUT2D eigenvalue weighted by atomic mass is 32.1. The topological polar surface area (TPSA) is 40.6 Å². The smallest absolute Gasteiger partial charge is 0.255 e. The number of carbonyl (C=O) groups excluding carboxylic acids is 2. The van der Waals surface area contributed by atoms with E-state index in [-0.39, 0.29) is 11.8 Å². The molecule has 2 aliphatic rings. The standard InChI is InChI=1S/C22H26N2O2S/c1-16-6-4-7-17(14-16)21(25)23-10-5-11-24(13-12-23)22(26)19-15-27-20-9-3-2-8-18(19)20/h4,6-7,14-15H,2-3,5,8-13H2,1H3. The van der Waals surface area contributed by atoms with E-state index in [2.05, 4.69) is 5.38 Å². The van der Waals surface area contributed by atoms with Crippen LogP contribution in [0.2, 0.25) is 0 Å². The van der Waals surface area contributed by atoms with Crippen molar-refractivity contribution in [1.29, 1.82) is 0 Å². The van der Waals surface area contributed by atoms with E-state index in [9.17, 15) is 9.59 Å². The number of benzene rings is 1. The van der Waals surface area contributed by atoms with Crippen molar-refractivity contribution in [1.82, 2.24) is 9.80 Å². The zero-order valence-electron chi connectivity index (χ0n) is 15.9. The van der Waals surface area contributed by atoms with E-state index >= 15 is 0 Å². The number of amides is 2. The summed E-state index contributed by atoms with van der Waals surface area (Å²) in [6.45, 7) is 4.65. The van der Waals surface area contributed by atoms with Gasteiger partial charge >= 0.3 is 0 Å². The van der Waals surface area contributed by atoms with Gasteiger partial charge in [0, 0.05) is 42.0 Å². The lowest BCUT2D eigenvalue weighted by atomic mass is 9.95. The molecule has 4 nitrogen and oxygen atoms in total. The molecule has 2 amide bonds. The maximum atomic E-state index is 13.1. The average Bonchev–Trinajstić information content (AvgIpc) is 2.96. The number of nitrogens with zero attached hydrogens (tertiary/aromatic N) is 2. The van der Waals surface area contributed by atoms with Gasteiger partial charge < -0.3 is 9.80 Å². The highest BCUT2D eigenvalue weighted by Crippen LogP contribution is 2.31. The first-order valence-corrected chi connectivity index (χ1v) is 10.8. The van der Waals surface area contributed by atoms with Gasteiger partial charge in [0.05, 0.1) is 5.56 Å². The van der Waals surface area contributed by atoms with Gasteiger partial charge in [0.15, 0.2) is 0 Å². The second-order valence-electron chi connectivity index (χ2n) is 7.57. The van der Waals surface area contributed by atoms with Crippen LogP contribution in [0.3, 0.4) is 0 Å². The van der Waals surface area contributed by atoms with E-state index in [1.54, 1.807) is 11.3 Å². The third kappa shape index (κ3) is 3.79. The lowest BCUT2D eigenvalue weighted by Gasteiger charge is -2.23. The van der Waals surface area contributed by atoms with Crippen LogP contribution < -0.4 is 0 Å². The van der Waals surface area contributed by atoms with E-state index in [1.165, 1.54) is 23.3 Å². The number of hydrogen-bond acceptors (Lipinski definition) is 3. The Kier molecular flexibility index (Phi) is 5.30. The Morgan fingerprint density at radius 3 is 2.44 bits per heavy atom. The molecule has 142 valence electrons. The van der Waals surface area contributed by atoms with Crippen LogP contribution in [-0.4, -0.2) is 47.8 Å². The van der Waals surface area contributed by atoms with Crippen LogP contribution in [0, 0.1) is 6.92 Å². The maximum Gasteiger partial charge on any atom is 0.255 e. The van der Waals surface area contributed by atoms with Gasteiger partial charge in [0.25, 0.3) is 11.8 Å². The summed E-state index contributed by atoms with van der Waals surface area (Å²) in [6.07, 6.45) is 5.40. The van der Waals surface area contributed by atoms with Crippen molar-refractivity contribution in [3.63, 3.8) is 0 Å². The van der Waals surface area contributed by atoms with Crippen molar-refractivity contribution < 1.29 is 9.59 Å². The predicted octanol–water partition coefficient (Wildman–Crippen LogP) is 3.92. The monoisotopic (exact) mass is 382 g/mol. The molecule has 0 saturated carbocycles. The molecular formula is C22H26N2O2S. The Morgan fingerprint density at radius 1 is 0.926 bits per heavy atom. The molecule has 2 aromatic rings. The lowest BCUT2D eigenvalue weighted by Crippen LogP contribution is -2.37. The van der Waals surface area contributed by atoms with Crippen LogP contribution in [0.5, 0.6) is 0 Å². The van der Waals surface area contributed by atoms with Crippen LogP contribution in [0.4, 0.5) is 0 Å². The molecule has 0 radical (unpaired) electrons. The summed E-state index contributed by atoms with van der Waals surface area (Å²) in [5.74, 6) is 0.222. The molecule has 0 bridgehead atoms. The van der Waals surface area contributed by atoms with Gasteiger partial charge in [0.1, 0.15) is 0 Å². The molecule has 1 aliphatic carbocycles. The zero-order valence-corrected chi connectivity index (χ0v) is 16.7. The second kappa shape index (κ2) is 7.85. The molecule has 0 atom stereocenters. The maximum absolute atomic E-state index is 13.1. The summed E-state index contributed by atoms with van der Waals surface area (Å²) < 4.78 is 0. The summed E-state index contributed by atoms with van der Waals surface area (Å²) in [5.41, 5.74) is 4.03. The van der Waals surface area contributed by atoms with E-state index in [4.69, 9.17) is 0 Å². The normalized spacial score (nSPS) is 17.4. The number of hydrogen-bond donors (Lipinski definition) is 0. The van der Waals surface area contributed by atoms with Crippen molar-refractivity contribution in [3.05, 3.63) is 56.8 Å². The highest BCUT2D eigenvalue weighted by molar-refractivity contribution is 7.10. The number of carbonyl (C=O) groups is 2. The molecule has 5 heteroatoms. The van der Waals surface area contributed by atoms with Crippen molar-refractivity contribution in [2.75, 3.05) is 26.2 Å². The fourth-order valence-electron chi connectivity index (χ4n) is 4.13. The molecule has 0 spiro atoms. The Labute approximate surface area is 164 Å². The van der Waals surface area contributed by atoms with Gasteiger partial charge in [-0.15, -0.1) is 11.3 Å². The molecule has 1 saturated heterocycles. The molecule has 0 unspecified atom stereocenters. The minimum atomic E-state index is 0.0703. The fraction of sp³-hybridized carbons (Fsp3) is 0.455. The Morgan fingerprint density at radius 2 is 1.67 bits per heavy atom. The first kappa shape index (κ1) is 18.2. The SMILES string of the molecule is Cc1cccc(C(=O)N2CCCN(C(=O)c3csc4c3CCCC4)CC2)c1. The summed E-state index contributed by atoms with van der Waals surface area (Å²) in [7, 11) is 0. The van der Waals surface area contributed by atoms with E-state index < -0.39 is 0 Å². The largest absolute Gasteiger partial charge is 0.337 e. The van der Waals surface area contributed by atoms with Gasteiger partial charge in [-0.05, 0) is 56.7 Å². The minimum absolute atomic E-state index is 0.0703. The summed E-state index contributed by atoms with van der Waals surface area (Å²) in [4.78, 5) is 31.2. The molecule has 0 N–H and O–H groups in total. The molecule has 2 heterocycles. The predicted molar refractivity (Wildman–Crippen MR) is 109 cm³/mol. The lowest BCUT2D eigenvalue weighted by molar-refractivity contribution is 0.0718. The Balaban J connectivity index is 1.45. The third-order valence-electron chi connectivity index (χ3n) is 5.63. The van der Waals surface area contributed by atoms with Gasteiger partial charge in [0.2, 0.25) is 0 Å². The number of thiophene rings is 1. The van der Waals surface area contributed by atoms with Crippen LogP contribution in [0.15, 0.2) is 29.6 Å². The van der Waals surface area contributed by atoms with E-state index in [0.29, 0.717) is 19.6 Å². The minimum Gasteiger partial charge on any atom is -0.337 e. The number of rotatable bonds is 2. The zero-order chi connectivity index (χ0) is 18.8. The molecular weight excluding hydrogens is 356 g/mol. The first-order valence-electron chi connectivity index (χ1n) is 9.88. The first-order chi connectivity index (χ1) is 13.1. The fourth-order valence-corrected chi connectivity index (χ4v) is 5.25. The average molecular weight is 383 g/mol. The molecule has 1 fully saturated rings. The van der Waals surface area contributed by atoms with Gasteiger partial charge in [-0.2, -0.15) is 0 Å². The quantitative estimate of drug-likeness (QED) is 0.790. The highest BCUT2D eigenvalue weighted by Gasteiger charge is 2.27. The molecule has 4 rings (SSSR count). The van der Waals surface area contributed by atoms with Gasteiger partial charge in [-0.3, -0.25) is 9.59 Å². The second-order valence-corrected chi connectivity index (χ2v) is 8.53. The van der Waals surface area contributed by atoms with Crippen molar-refractivity contribution in [3.8, 4) is 0 Å². The summed E-state index contributed by atoms with van der Waals surface area (Å²) in [5, 5.41) is 2.05. The number of fused-ring (bicyclic) bond motifs is 1. The van der Waals surface area contributed by atoms with Crippen LogP contribution >= 0.6 is 11.3 Å². The molecule has 1 aliphatic heterocycles. The third-order valence-corrected chi connectivity index (χ3v) is 6.72. The Bertz CT molecular complexity index is 858. The van der Waals surface area contributed by atoms with Crippen molar-refractivity contribution >= 4 is 23.2 Å². The van der Waals surface area contributed by atoms with Gasteiger partial charge in [-0.1, -0.05) is 17.7 Å². The number of aryl methyl sites for hydroxylation is 2. The summed E-state index contributed by atoms with van der Waals surface area (Å²) in [6, 6.07) is 7.74. The van der Waals surface area contributed by atoms with Gasteiger partial charge in [-0.25, -0.2) is 0 Å². The summed E-state index contributed by atoms with van der Waals surface area (Å²) >= 11 is 1.74. The Hall–Kier alpha value is -2.14. The van der Waals surface area contributed by atoms with Crippen LogP contribution in [0.25, 0.3) is 0 Å². The van der Waals surface area contributed by atoms with Crippen LogP contribution in [0.1, 0.15) is 56.0 Å². The van der Waals surface area contributed by atoms with E-state index in [1.807, 2.05) is 41.0 Å².